The van der Waals surface area contributed by atoms with Crippen molar-refractivity contribution in [2.75, 3.05) is 0 Å². The Kier molecular flexibility index (Phi) is 2.96. The SMILES string of the molecule is C=Cc1cccc(C(C)(C)C)c1ON. The second-order valence-corrected chi connectivity index (χ2v) is 4.30. The van der Waals surface area contributed by atoms with E-state index in [9.17, 15) is 0 Å². The van der Waals surface area contributed by atoms with Crippen molar-refractivity contribution >= 4 is 6.08 Å². The van der Waals surface area contributed by atoms with E-state index in [0.717, 1.165) is 16.9 Å². The summed E-state index contributed by atoms with van der Waals surface area (Å²) in [6.45, 7) is 10.1. The smallest absolute Gasteiger partial charge is 0.157 e. The Balaban J connectivity index is 3.36. The van der Waals surface area contributed by atoms with Crippen LogP contribution in [0.25, 0.3) is 6.08 Å². The average Bonchev–Trinajstić information content (AvgIpc) is 2.15. The molecule has 14 heavy (non-hydrogen) atoms. The van der Waals surface area contributed by atoms with Crippen molar-refractivity contribution in [1.29, 1.82) is 0 Å². The maximum absolute atomic E-state index is 5.28. The van der Waals surface area contributed by atoms with E-state index >= 15 is 0 Å². The van der Waals surface area contributed by atoms with Crippen LogP contribution < -0.4 is 10.7 Å². The van der Waals surface area contributed by atoms with Gasteiger partial charge in [-0.1, -0.05) is 51.6 Å². The standard InChI is InChI=1S/C12H17NO/c1-5-9-7-6-8-10(11(9)14-13)12(2,3)4/h5-8H,1,13H2,2-4H3. The monoisotopic (exact) mass is 191 g/mol. The molecule has 0 bridgehead atoms. The first kappa shape index (κ1) is 10.8. The minimum absolute atomic E-state index is 0.0216. The Bertz CT molecular complexity index is 337. The molecule has 0 fully saturated rings. The third-order valence-electron chi connectivity index (χ3n) is 2.19. The average molecular weight is 191 g/mol. The zero-order valence-corrected chi connectivity index (χ0v) is 9.00. The normalized spacial score (nSPS) is 11.1. The predicted octanol–water partition coefficient (Wildman–Crippen LogP) is 2.88. The summed E-state index contributed by atoms with van der Waals surface area (Å²) < 4.78 is 0. The van der Waals surface area contributed by atoms with Gasteiger partial charge in [-0.15, -0.1) is 0 Å². The molecular formula is C12H17NO. The van der Waals surface area contributed by atoms with Crippen molar-refractivity contribution in [3.8, 4) is 5.75 Å². The number of nitrogens with two attached hydrogens (primary N) is 1. The van der Waals surface area contributed by atoms with Crippen LogP contribution >= 0.6 is 0 Å². The lowest BCUT2D eigenvalue weighted by molar-refractivity contribution is 0.323. The first-order chi connectivity index (χ1) is 6.50. The van der Waals surface area contributed by atoms with Gasteiger partial charge in [0, 0.05) is 11.1 Å². The van der Waals surface area contributed by atoms with Gasteiger partial charge in [0.25, 0.3) is 0 Å². The zero-order valence-electron chi connectivity index (χ0n) is 9.00. The minimum Gasteiger partial charge on any atom is -0.411 e. The summed E-state index contributed by atoms with van der Waals surface area (Å²) in [6.07, 6.45) is 1.75. The molecule has 76 valence electrons. The number of hydrogen-bond acceptors (Lipinski definition) is 2. The van der Waals surface area contributed by atoms with Gasteiger partial charge in [0.15, 0.2) is 5.75 Å². The van der Waals surface area contributed by atoms with E-state index in [4.69, 9.17) is 10.7 Å². The third kappa shape index (κ3) is 1.96. The van der Waals surface area contributed by atoms with Gasteiger partial charge in [-0.2, -0.15) is 5.90 Å². The van der Waals surface area contributed by atoms with Crippen LogP contribution in [0, 0.1) is 0 Å². The minimum atomic E-state index is 0.0216. The molecule has 0 aliphatic rings. The van der Waals surface area contributed by atoms with Crippen LogP contribution in [0.1, 0.15) is 31.9 Å². The fraction of sp³-hybridized carbons (Fsp3) is 0.333. The summed E-state index contributed by atoms with van der Waals surface area (Å²) in [6, 6.07) is 5.94. The fourth-order valence-corrected chi connectivity index (χ4v) is 1.44. The van der Waals surface area contributed by atoms with Crippen LogP contribution in [0.2, 0.25) is 0 Å². The maximum atomic E-state index is 5.28. The second kappa shape index (κ2) is 3.84. The van der Waals surface area contributed by atoms with Crippen LogP contribution in [0.3, 0.4) is 0 Å². The first-order valence-corrected chi connectivity index (χ1v) is 4.63. The molecule has 0 aromatic heterocycles. The molecule has 0 amide bonds. The lowest BCUT2D eigenvalue weighted by Gasteiger charge is -2.22. The molecule has 0 saturated carbocycles. The molecule has 2 nitrogen and oxygen atoms in total. The first-order valence-electron chi connectivity index (χ1n) is 4.63. The third-order valence-corrected chi connectivity index (χ3v) is 2.19. The maximum Gasteiger partial charge on any atom is 0.157 e. The molecule has 1 aromatic rings. The summed E-state index contributed by atoms with van der Waals surface area (Å²) >= 11 is 0. The van der Waals surface area contributed by atoms with Crippen molar-refractivity contribution < 1.29 is 4.84 Å². The highest BCUT2D eigenvalue weighted by Crippen LogP contribution is 2.33. The van der Waals surface area contributed by atoms with Crippen LogP contribution in [0.5, 0.6) is 5.75 Å². The largest absolute Gasteiger partial charge is 0.411 e. The van der Waals surface area contributed by atoms with Crippen LogP contribution in [-0.2, 0) is 5.41 Å². The topological polar surface area (TPSA) is 35.2 Å². The van der Waals surface area contributed by atoms with Crippen LogP contribution in [0.15, 0.2) is 24.8 Å². The van der Waals surface area contributed by atoms with Gasteiger partial charge in [0.2, 0.25) is 0 Å². The molecule has 0 heterocycles. The Morgan fingerprint density at radius 3 is 2.43 bits per heavy atom. The van der Waals surface area contributed by atoms with Gasteiger partial charge >= 0.3 is 0 Å². The van der Waals surface area contributed by atoms with E-state index in [1.807, 2.05) is 18.2 Å². The summed E-state index contributed by atoms with van der Waals surface area (Å²) in [4.78, 5) is 4.92. The highest BCUT2D eigenvalue weighted by molar-refractivity contribution is 5.59. The molecule has 1 aromatic carbocycles. The number of para-hydroxylation sites is 1. The number of benzene rings is 1. The summed E-state index contributed by atoms with van der Waals surface area (Å²) in [5, 5.41) is 0. The van der Waals surface area contributed by atoms with Crippen molar-refractivity contribution in [2.45, 2.75) is 26.2 Å². The Morgan fingerprint density at radius 2 is 2.00 bits per heavy atom. The van der Waals surface area contributed by atoms with Crippen LogP contribution in [-0.4, -0.2) is 0 Å². The highest BCUT2D eigenvalue weighted by atomic mass is 16.6. The Hall–Kier alpha value is -1.28. The number of hydrogen-bond donors (Lipinski definition) is 1. The molecule has 0 saturated heterocycles. The summed E-state index contributed by atoms with van der Waals surface area (Å²) in [5.74, 6) is 5.99. The quantitative estimate of drug-likeness (QED) is 0.729. The van der Waals surface area contributed by atoms with E-state index in [-0.39, 0.29) is 5.41 Å². The molecular weight excluding hydrogens is 174 g/mol. The lowest BCUT2D eigenvalue weighted by atomic mass is 9.85. The molecule has 0 radical (unpaired) electrons. The van der Waals surface area contributed by atoms with Crippen molar-refractivity contribution in [1.82, 2.24) is 0 Å². The van der Waals surface area contributed by atoms with Gasteiger partial charge in [0.05, 0.1) is 0 Å². The molecule has 0 unspecified atom stereocenters. The van der Waals surface area contributed by atoms with Gasteiger partial charge in [-0.3, -0.25) is 0 Å². The van der Waals surface area contributed by atoms with E-state index < -0.39 is 0 Å². The van der Waals surface area contributed by atoms with E-state index in [1.165, 1.54) is 0 Å². The van der Waals surface area contributed by atoms with Crippen molar-refractivity contribution in [3.63, 3.8) is 0 Å². The Morgan fingerprint density at radius 1 is 1.36 bits per heavy atom. The molecule has 0 aliphatic heterocycles. The zero-order chi connectivity index (χ0) is 10.8. The van der Waals surface area contributed by atoms with Crippen molar-refractivity contribution in [3.05, 3.63) is 35.9 Å². The fourth-order valence-electron chi connectivity index (χ4n) is 1.44. The molecule has 0 atom stereocenters. The van der Waals surface area contributed by atoms with Crippen molar-refractivity contribution in [2.24, 2.45) is 5.90 Å². The predicted molar refractivity (Wildman–Crippen MR) is 60.0 cm³/mol. The highest BCUT2D eigenvalue weighted by Gasteiger charge is 2.20. The molecule has 2 heteroatoms. The second-order valence-electron chi connectivity index (χ2n) is 4.30. The summed E-state index contributed by atoms with van der Waals surface area (Å²) in [7, 11) is 0. The van der Waals surface area contributed by atoms with Gasteiger partial charge in [-0.05, 0) is 5.41 Å². The lowest BCUT2D eigenvalue weighted by Crippen LogP contribution is -2.16. The summed E-state index contributed by atoms with van der Waals surface area (Å²) in [5.41, 5.74) is 2.05. The Labute approximate surface area is 85.3 Å². The van der Waals surface area contributed by atoms with Gasteiger partial charge in [-0.25, -0.2) is 0 Å². The van der Waals surface area contributed by atoms with E-state index in [1.54, 1.807) is 6.08 Å². The number of rotatable bonds is 2. The van der Waals surface area contributed by atoms with Crippen LogP contribution in [0.4, 0.5) is 0 Å². The molecule has 0 spiro atoms. The molecule has 2 N–H and O–H groups in total. The molecule has 1 rings (SSSR count). The molecule has 0 aliphatic carbocycles. The van der Waals surface area contributed by atoms with Gasteiger partial charge in [0.1, 0.15) is 0 Å². The van der Waals surface area contributed by atoms with E-state index in [0.29, 0.717) is 0 Å². The van der Waals surface area contributed by atoms with E-state index in [2.05, 4.69) is 27.4 Å². The van der Waals surface area contributed by atoms with Gasteiger partial charge < -0.3 is 4.84 Å².